The monoisotopic (exact) mass is 357 g/mol. The molecule has 3 aromatic heterocycles. The predicted molar refractivity (Wildman–Crippen MR) is 95.7 cm³/mol. The Balaban J connectivity index is 1.83. The van der Waals surface area contributed by atoms with Crippen LogP contribution in [0.3, 0.4) is 0 Å². The van der Waals surface area contributed by atoms with E-state index in [1.807, 2.05) is 32.0 Å². The minimum atomic E-state index is -0.460. The van der Waals surface area contributed by atoms with Gasteiger partial charge in [-0.25, -0.2) is 4.98 Å². The largest absolute Gasteiger partial charge is 0.391 e. The van der Waals surface area contributed by atoms with Crippen molar-refractivity contribution in [2.24, 2.45) is 0 Å². The number of carbonyl (C=O) groups excluding carboxylic acids is 1. The molecule has 3 aromatic rings. The zero-order valence-electron chi connectivity index (χ0n) is 14.2. The number of aromatic nitrogens is 2. The fourth-order valence-corrected chi connectivity index (χ4v) is 4.10. The van der Waals surface area contributed by atoms with E-state index in [9.17, 15) is 9.90 Å². The van der Waals surface area contributed by atoms with Crippen molar-refractivity contribution in [3.8, 4) is 10.6 Å². The number of amides is 1. The van der Waals surface area contributed by atoms with Crippen molar-refractivity contribution >= 4 is 28.3 Å². The first-order valence-corrected chi connectivity index (χ1v) is 9.16. The molecule has 1 aliphatic heterocycles. The number of rotatable bonds is 2. The lowest BCUT2D eigenvalue weighted by atomic mass is 10.0. The summed E-state index contributed by atoms with van der Waals surface area (Å²) in [5.74, 6) is -0.105. The highest BCUT2D eigenvalue weighted by Gasteiger charge is 2.27. The van der Waals surface area contributed by atoms with E-state index < -0.39 is 6.10 Å². The lowest BCUT2D eigenvalue weighted by Gasteiger charge is -2.30. The van der Waals surface area contributed by atoms with Gasteiger partial charge in [0, 0.05) is 18.0 Å². The summed E-state index contributed by atoms with van der Waals surface area (Å²) in [5, 5.41) is 14.5. The van der Waals surface area contributed by atoms with Crippen molar-refractivity contribution in [3.63, 3.8) is 0 Å². The summed E-state index contributed by atoms with van der Waals surface area (Å²) in [5.41, 5.74) is 2.28. The van der Waals surface area contributed by atoms with Gasteiger partial charge < -0.3 is 14.5 Å². The molecular formula is C18H19N3O3S. The molecule has 0 unspecified atom stereocenters. The average Bonchev–Trinajstić information content (AvgIpc) is 3.20. The Kier molecular flexibility index (Phi) is 4.05. The van der Waals surface area contributed by atoms with E-state index in [4.69, 9.17) is 4.52 Å². The normalized spacial score (nSPS) is 18.0. The molecular weight excluding hydrogens is 338 g/mol. The molecule has 0 aromatic carbocycles. The maximum absolute atomic E-state index is 13.1. The Bertz CT molecular complexity index is 946. The van der Waals surface area contributed by atoms with Crippen molar-refractivity contribution in [1.29, 1.82) is 0 Å². The zero-order chi connectivity index (χ0) is 17.6. The van der Waals surface area contributed by atoms with Gasteiger partial charge in [-0.1, -0.05) is 5.16 Å². The van der Waals surface area contributed by atoms with E-state index in [2.05, 4.69) is 10.1 Å². The Morgan fingerprint density at radius 3 is 2.96 bits per heavy atom. The van der Waals surface area contributed by atoms with Gasteiger partial charge in [0.2, 0.25) is 0 Å². The van der Waals surface area contributed by atoms with Crippen LogP contribution >= 0.6 is 11.3 Å². The van der Waals surface area contributed by atoms with Crippen molar-refractivity contribution in [1.82, 2.24) is 15.0 Å². The molecule has 1 amide bonds. The van der Waals surface area contributed by atoms with E-state index in [1.54, 1.807) is 16.2 Å². The van der Waals surface area contributed by atoms with Gasteiger partial charge in [-0.2, -0.15) is 0 Å². The van der Waals surface area contributed by atoms with Gasteiger partial charge in [0.1, 0.15) is 0 Å². The van der Waals surface area contributed by atoms with E-state index >= 15 is 0 Å². The molecule has 0 bridgehead atoms. The van der Waals surface area contributed by atoms with Gasteiger partial charge in [0.25, 0.3) is 11.6 Å². The number of fused-ring (bicyclic) bond motifs is 1. The number of likely N-dealkylation sites (tertiary alicyclic amines) is 1. The maximum Gasteiger partial charge on any atom is 0.259 e. The van der Waals surface area contributed by atoms with Gasteiger partial charge in [-0.05, 0) is 44.9 Å². The third-order valence-corrected chi connectivity index (χ3v) is 5.55. The van der Waals surface area contributed by atoms with Crippen LogP contribution in [-0.4, -0.2) is 45.2 Å². The van der Waals surface area contributed by atoms with E-state index in [0.717, 1.165) is 17.7 Å². The summed E-state index contributed by atoms with van der Waals surface area (Å²) in [6.45, 7) is 4.86. The van der Waals surface area contributed by atoms with Crippen LogP contribution in [0.2, 0.25) is 0 Å². The molecule has 7 heteroatoms. The first kappa shape index (κ1) is 16.2. The number of aryl methyl sites for hydroxylation is 2. The molecule has 1 atom stereocenters. The van der Waals surface area contributed by atoms with Crippen molar-refractivity contribution in [3.05, 3.63) is 34.3 Å². The van der Waals surface area contributed by atoms with Crippen LogP contribution in [0.25, 0.3) is 21.7 Å². The van der Waals surface area contributed by atoms with Gasteiger partial charge in [-0.15, -0.1) is 11.3 Å². The summed E-state index contributed by atoms with van der Waals surface area (Å²) in [6, 6.07) is 5.84. The molecule has 1 saturated heterocycles. The predicted octanol–water partition coefficient (Wildman–Crippen LogP) is 3.17. The summed E-state index contributed by atoms with van der Waals surface area (Å²) in [4.78, 5) is 21.5. The Morgan fingerprint density at radius 1 is 1.40 bits per heavy atom. The Labute approximate surface area is 149 Å². The number of aliphatic hydroxyl groups is 1. The van der Waals surface area contributed by atoms with Crippen LogP contribution in [0.15, 0.2) is 22.7 Å². The van der Waals surface area contributed by atoms with Crippen molar-refractivity contribution in [2.45, 2.75) is 32.8 Å². The first-order chi connectivity index (χ1) is 12.0. The molecule has 1 fully saturated rings. The molecule has 0 aliphatic carbocycles. The Morgan fingerprint density at radius 2 is 2.24 bits per heavy atom. The number of hydrogen-bond acceptors (Lipinski definition) is 6. The SMILES string of the molecule is Cc1ccc(-c2cc(C(=O)N3CCC[C@@H](O)C3)c3c(C)noc3n2)s1. The fraction of sp³-hybridized carbons (Fsp3) is 0.389. The van der Waals surface area contributed by atoms with Gasteiger partial charge in [0.15, 0.2) is 0 Å². The first-order valence-electron chi connectivity index (χ1n) is 8.34. The number of pyridine rings is 1. The lowest BCUT2D eigenvalue weighted by molar-refractivity contribution is 0.0475. The molecule has 1 N–H and O–H groups in total. The van der Waals surface area contributed by atoms with Crippen LogP contribution in [0.5, 0.6) is 0 Å². The molecule has 0 saturated carbocycles. The lowest BCUT2D eigenvalue weighted by Crippen LogP contribution is -2.42. The number of carbonyl (C=O) groups is 1. The minimum absolute atomic E-state index is 0.105. The van der Waals surface area contributed by atoms with Crippen LogP contribution in [-0.2, 0) is 0 Å². The third-order valence-electron chi connectivity index (χ3n) is 4.52. The van der Waals surface area contributed by atoms with Gasteiger partial charge >= 0.3 is 0 Å². The zero-order valence-corrected chi connectivity index (χ0v) is 15.0. The summed E-state index contributed by atoms with van der Waals surface area (Å²) in [6.07, 6.45) is 1.08. The van der Waals surface area contributed by atoms with Crippen LogP contribution < -0.4 is 0 Å². The molecule has 6 nitrogen and oxygen atoms in total. The standard InChI is InChI=1S/C18H19N3O3S/c1-10-5-6-15(25-10)14-8-13(16-11(2)20-24-17(16)19-14)18(23)21-7-3-4-12(22)9-21/h5-6,8,12,22H,3-4,7,9H2,1-2H3/t12-/m1/s1. The molecule has 1 aliphatic rings. The number of hydrogen-bond donors (Lipinski definition) is 1. The number of nitrogens with zero attached hydrogens (tertiary/aromatic N) is 3. The van der Waals surface area contributed by atoms with Crippen LogP contribution in [0.4, 0.5) is 0 Å². The summed E-state index contributed by atoms with van der Waals surface area (Å²) >= 11 is 1.62. The van der Waals surface area contributed by atoms with E-state index in [-0.39, 0.29) is 5.91 Å². The summed E-state index contributed by atoms with van der Waals surface area (Å²) < 4.78 is 5.34. The molecule has 4 rings (SSSR count). The van der Waals surface area contributed by atoms with Crippen molar-refractivity contribution < 1.29 is 14.4 Å². The number of thiophene rings is 1. The third kappa shape index (κ3) is 2.94. The molecule has 130 valence electrons. The molecule has 4 heterocycles. The average molecular weight is 357 g/mol. The Hall–Kier alpha value is -2.25. The molecule has 0 radical (unpaired) electrons. The van der Waals surface area contributed by atoms with Gasteiger partial charge in [0.05, 0.1) is 33.3 Å². The highest BCUT2D eigenvalue weighted by molar-refractivity contribution is 7.15. The van der Waals surface area contributed by atoms with Gasteiger partial charge in [-0.3, -0.25) is 4.79 Å². The van der Waals surface area contributed by atoms with Crippen LogP contribution in [0.1, 0.15) is 33.8 Å². The number of piperidine rings is 1. The topological polar surface area (TPSA) is 79.5 Å². The quantitative estimate of drug-likeness (QED) is 0.762. The number of β-amino-alcohol motifs (C(OH)–C–C–N with tert-alkyl or cyclic N) is 1. The highest BCUT2D eigenvalue weighted by atomic mass is 32.1. The smallest absolute Gasteiger partial charge is 0.259 e. The second-order valence-corrected chi connectivity index (χ2v) is 7.75. The summed E-state index contributed by atoms with van der Waals surface area (Å²) in [7, 11) is 0. The number of aliphatic hydroxyl groups excluding tert-OH is 1. The van der Waals surface area contributed by atoms with E-state index in [1.165, 1.54) is 4.88 Å². The molecule has 0 spiro atoms. The second-order valence-electron chi connectivity index (χ2n) is 6.46. The van der Waals surface area contributed by atoms with Crippen molar-refractivity contribution in [2.75, 3.05) is 13.1 Å². The van der Waals surface area contributed by atoms with Crippen LogP contribution in [0, 0.1) is 13.8 Å². The van der Waals surface area contributed by atoms with E-state index in [0.29, 0.717) is 41.1 Å². The second kappa shape index (κ2) is 6.24. The highest BCUT2D eigenvalue weighted by Crippen LogP contribution is 2.31. The fourth-order valence-electron chi connectivity index (χ4n) is 3.27. The minimum Gasteiger partial charge on any atom is -0.391 e. The molecule has 25 heavy (non-hydrogen) atoms. The maximum atomic E-state index is 13.1.